The van der Waals surface area contributed by atoms with E-state index >= 15 is 0 Å². The van der Waals surface area contributed by atoms with Crippen molar-refractivity contribution in [1.29, 1.82) is 0 Å². The highest BCUT2D eigenvalue weighted by Gasteiger charge is 2.28. The fourth-order valence-electron chi connectivity index (χ4n) is 2.50. The number of rotatable bonds is 5. The standard InChI is InChI=1S/C16H18BrNOS2/c1-2-18-12(9-16-11(17)7-8-20-16)14-10-21-15-6-4-3-5-13(15)19-14/h3-8,12,14,18H,2,9-10H2,1H3. The third kappa shape index (κ3) is 3.65. The van der Waals surface area contributed by atoms with Gasteiger partial charge >= 0.3 is 0 Å². The molecule has 2 unspecified atom stereocenters. The molecule has 1 aliphatic rings. The Kier molecular flexibility index (Phi) is 5.27. The van der Waals surface area contributed by atoms with Gasteiger partial charge in [0.2, 0.25) is 0 Å². The number of thioether (sulfide) groups is 1. The van der Waals surface area contributed by atoms with E-state index in [0.717, 1.165) is 24.5 Å². The van der Waals surface area contributed by atoms with Gasteiger partial charge in [0.05, 0.1) is 0 Å². The van der Waals surface area contributed by atoms with Gasteiger partial charge in [-0.05, 0) is 46.1 Å². The van der Waals surface area contributed by atoms with Crippen molar-refractivity contribution in [3.63, 3.8) is 0 Å². The fourth-order valence-corrected chi connectivity index (χ4v) is 5.15. The fraction of sp³-hybridized carbons (Fsp3) is 0.375. The Morgan fingerprint density at radius 2 is 2.24 bits per heavy atom. The molecule has 5 heteroatoms. The predicted octanol–water partition coefficient (Wildman–Crippen LogP) is 4.58. The van der Waals surface area contributed by atoms with Crippen molar-refractivity contribution in [2.24, 2.45) is 0 Å². The molecule has 0 fully saturated rings. The van der Waals surface area contributed by atoms with Crippen molar-refractivity contribution >= 4 is 39.0 Å². The number of nitrogens with one attached hydrogen (secondary N) is 1. The SMILES string of the molecule is CCNC(Cc1sccc1Br)C1CSc2ccccc2O1. The molecule has 2 atom stereocenters. The first-order chi connectivity index (χ1) is 10.3. The first-order valence-electron chi connectivity index (χ1n) is 7.11. The second kappa shape index (κ2) is 7.18. The molecule has 1 aliphatic heterocycles. The normalized spacial score (nSPS) is 18.9. The average Bonchev–Trinajstić information content (AvgIpc) is 2.91. The third-order valence-electron chi connectivity index (χ3n) is 3.54. The maximum atomic E-state index is 6.24. The lowest BCUT2D eigenvalue weighted by molar-refractivity contribution is 0.166. The molecule has 1 N–H and O–H groups in total. The number of para-hydroxylation sites is 1. The van der Waals surface area contributed by atoms with Gasteiger partial charge in [-0.15, -0.1) is 23.1 Å². The van der Waals surface area contributed by atoms with E-state index in [-0.39, 0.29) is 6.10 Å². The summed E-state index contributed by atoms with van der Waals surface area (Å²) >= 11 is 7.33. The molecule has 2 aromatic rings. The Hall–Kier alpha value is -0.490. The Morgan fingerprint density at radius 1 is 1.38 bits per heavy atom. The number of ether oxygens (including phenoxy) is 1. The molecule has 0 amide bonds. The molecule has 112 valence electrons. The molecule has 0 spiro atoms. The highest BCUT2D eigenvalue weighted by Crippen LogP contribution is 2.36. The van der Waals surface area contributed by atoms with Crippen LogP contribution in [0.3, 0.4) is 0 Å². The number of fused-ring (bicyclic) bond motifs is 1. The minimum Gasteiger partial charge on any atom is -0.487 e. The summed E-state index contributed by atoms with van der Waals surface area (Å²) in [5.74, 6) is 2.02. The van der Waals surface area contributed by atoms with E-state index in [9.17, 15) is 0 Å². The number of hydrogen-bond donors (Lipinski definition) is 1. The summed E-state index contributed by atoms with van der Waals surface area (Å²) in [5, 5.41) is 5.73. The smallest absolute Gasteiger partial charge is 0.133 e. The molecule has 2 nitrogen and oxygen atoms in total. The molecule has 0 saturated heterocycles. The van der Waals surface area contributed by atoms with Gasteiger partial charge in [-0.25, -0.2) is 0 Å². The van der Waals surface area contributed by atoms with Gasteiger partial charge < -0.3 is 10.1 Å². The zero-order valence-corrected chi connectivity index (χ0v) is 15.1. The lowest BCUT2D eigenvalue weighted by Gasteiger charge is -2.32. The summed E-state index contributed by atoms with van der Waals surface area (Å²) in [7, 11) is 0. The third-order valence-corrected chi connectivity index (χ3v) is 6.63. The molecule has 1 aromatic carbocycles. The van der Waals surface area contributed by atoms with E-state index in [1.165, 1.54) is 14.2 Å². The van der Waals surface area contributed by atoms with E-state index < -0.39 is 0 Å². The van der Waals surface area contributed by atoms with Gasteiger partial charge in [-0.2, -0.15) is 0 Å². The Balaban J connectivity index is 1.74. The molecule has 0 radical (unpaired) electrons. The number of hydrogen-bond acceptors (Lipinski definition) is 4. The van der Waals surface area contributed by atoms with Gasteiger partial charge in [-0.3, -0.25) is 0 Å². The monoisotopic (exact) mass is 383 g/mol. The van der Waals surface area contributed by atoms with Crippen LogP contribution in [0.2, 0.25) is 0 Å². The van der Waals surface area contributed by atoms with E-state index in [4.69, 9.17) is 4.74 Å². The molecule has 0 bridgehead atoms. The Morgan fingerprint density at radius 3 is 3.00 bits per heavy atom. The molecule has 1 aromatic heterocycles. The summed E-state index contributed by atoms with van der Waals surface area (Å²) in [6.07, 6.45) is 1.21. The topological polar surface area (TPSA) is 21.3 Å². The quantitative estimate of drug-likeness (QED) is 0.815. The van der Waals surface area contributed by atoms with Crippen LogP contribution in [0.25, 0.3) is 0 Å². The minimum atomic E-state index is 0.207. The van der Waals surface area contributed by atoms with Crippen LogP contribution in [0.1, 0.15) is 11.8 Å². The van der Waals surface area contributed by atoms with Crippen molar-refractivity contribution in [1.82, 2.24) is 5.32 Å². The first kappa shape index (κ1) is 15.4. The van der Waals surface area contributed by atoms with Crippen molar-refractivity contribution in [2.45, 2.75) is 30.4 Å². The summed E-state index contributed by atoms with van der Waals surface area (Å²) in [5.41, 5.74) is 0. The average molecular weight is 384 g/mol. The minimum absolute atomic E-state index is 0.207. The van der Waals surface area contributed by atoms with Crippen molar-refractivity contribution in [3.8, 4) is 5.75 Å². The van der Waals surface area contributed by atoms with Gasteiger partial charge in [0.25, 0.3) is 0 Å². The van der Waals surface area contributed by atoms with Crippen LogP contribution in [0, 0.1) is 0 Å². The van der Waals surface area contributed by atoms with Crippen LogP contribution in [0.4, 0.5) is 0 Å². The Labute approximate surface area is 142 Å². The summed E-state index contributed by atoms with van der Waals surface area (Å²) in [6.45, 7) is 3.11. The molecule has 3 rings (SSSR count). The molecular formula is C16H18BrNOS2. The number of benzene rings is 1. The summed E-state index contributed by atoms with van der Waals surface area (Å²) in [4.78, 5) is 2.63. The lowest BCUT2D eigenvalue weighted by atomic mass is 10.1. The zero-order chi connectivity index (χ0) is 14.7. The van der Waals surface area contributed by atoms with Crippen LogP contribution >= 0.6 is 39.0 Å². The number of halogens is 1. The maximum absolute atomic E-state index is 6.24. The second-order valence-electron chi connectivity index (χ2n) is 4.97. The zero-order valence-electron chi connectivity index (χ0n) is 11.8. The van der Waals surface area contributed by atoms with Crippen LogP contribution in [0.5, 0.6) is 5.75 Å². The van der Waals surface area contributed by atoms with Crippen LogP contribution in [-0.2, 0) is 6.42 Å². The predicted molar refractivity (Wildman–Crippen MR) is 94.8 cm³/mol. The van der Waals surface area contributed by atoms with E-state index in [0.29, 0.717) is 6.04 Å². The highest BCUT2D eigenvalue weighted by molar-refractivity contribution is 9.10. The number of thiophene rings is 1. The molecule has 21 heavy (non-hydrogen) atoms. The molecule has 0 saturated carbocycles. The van der Waals surface area contributed by atoms with Gasteiger partial charge in [0.15, 0.2) is 0 Å². The van der Waals surface area contributed by atoms with E-state index in [1.807, 2.05) is 17.8 Å². The van der Waals surface area contributed by atoms with Gasteiger partial charge in [0, 0.05) is 32.5 Å². The van der Waals surface area contributed by atoms with Crippen molar-refractivity contribution < 1.29 is 4.74 Å². The Bertz CT molecular complexity index is 601. The molecule has 0 aliphatic carbocycles. The van der Waals surface area contributed by atoms with Crippen molar-refractivity contribution in [3.05, 3.63) is 45.1 Å². The van der Waals surface area contributed by atoms with Gasteiger partial charge in [-0.1, -0.05) is 19.1 Å². The second-order valence-corrected chi connectivity index (χ2v) is 7.89. The lowest BCUT2D eigenvalue weighted by Crippen LogP contribution is -2.46. The first-order valence-corrected chi connectivity index (χ1v) is 9.77. The van der Waals surface area contributed by atoms with Crippen LogP contribution in [0.15, 0.2) is 45.1 Å². The van der Waals surface area contributed by atoms with Crippen LogP contribution in [-0.4, -0.2) is 24.4 Å². The van der Waals surface area contributed by atoms with E-state index in [2.05, 4.69) is 57.8 Å². The summed E-state index contributed by atoms with van der Waals surface area (Å²) < 4.78 is 7.45. The summed E-state index contributed by atoms with van der Waals surface area (Å²) in [6, 6.07) is 10.8. The molecule has 2 heterocycles. The number of likely N-dealkylation sites (N-methyl/N-ethyl adjacent to an activating group) is 1. The largest absolute Gasteiger partial charge is 0.487 e. The highest BCUT2D eigenvalue weighted by atomic mass is 79.9. The molecular weight excluding hydrogens is 366 g/mol. The maximum Gasteiger partial charge on any atom is 0.133 e. The van der Waals surface area contributed by atoms with E-state index in [1.54, 1.807) is 11.3 Å². The van der Waals surface area contributed by atoms with Crippen LogP contribution < -0.4 is 10.1 Å². The van der Waals surface area contributed by atoms with Gasteiger partial charge in [0.1, 0.15) is 11.9 Å². The van der Waals surface area contributed by atoms with Crippen molar-refractivity contribution in [2.75, 3.05) is 12.3 Å².